The van der Waals surface area contributed by atoms with Gasteiger partial charge in [0.15, 0.2) is 11.5 Å². The zero-order chi connectivity index (χ0) is 28.4. The van der Waals surface area contributed by atoms with E-state index in [1.165, 1.54) is 31.4 Å². The number of hydrogen-bond donors (Lipinski definition) is 2. The maximum Gasteiger partial charge on any atom is 0.251 e. The normalized spacial score (nSPS) is 17.9. The summed E-state index contributed by atoms with van der Waals surface area (Å²) in [7, 11) is 1.52. The van der Waals surface area contributed by atoms with E-state index in [0.717, 1.165) is 0 Å². The SMILES string of the molecule is COC[C@@H]1[C@@H](NC(=O)c2ccccc2)c2cc3c(cc2N1C(=O)[C@@H](NC(=O)c1ccc(F)cc1)C(C)C)OCO3. The highest BCUT2D eigenvalue weighted by atomic mass is 19.1. The second kappa shape index (κ2) is 11.4. The number of nitrogens with zero attached hydrogens (tertiary/aromatic N) is 1. The van der Waals surface area contributed by atoms with E-state index in [0.29, 0.717) is 28.3 Å². The van der Waals surface area contributed by atoms with Gasteiger partial charge in [-0.15, -0.1) is 0 Å². The lowest BCUT2D eigenvalue weighted by Gasteiger charge is -2.33. The summed E-state index contributed by atoms with van der Waals surface area (Å²) in [5.74, 6) is -0.984. The molecule has 2 N–H and O–H groups in total. The van der Waals surface area contributed by atoms with Gasteiger partial charge in [-0.25, -0.2) is 4.39 Å². The van der Waals surface area contributed by atoms with Crippen LogP contribution in [0, 0.1) is 11.7 Å². The van der Waals surface area contributed by atoms with Gasteiger partial charge < -0.3 is 29.7 Å². The molecular formula is C30H30FN3O6. The van der Waals surface area contributed by atoms with Crippen LogP contribution in [-0.2, 0) is 9.53 Å². The molecule has 9 nitrogen and oxygen atoms in total. The lowest BCUT2D eigenvalue weighted by atomic mass is 10.0. The van der Waals surface area contributed by atoms with Crippen LogP contribution < -0.4 is 25.0 Å². The molecule has 3 amide bonds. The van der Waals surface area contributed by atoms with Gasteiger partial charge in [-0.2, -0.15) is 0 Å². The Kier molecular flexibility index (Phi) is 7.70. The molecule has 3 aromatic rings. The monoisotopic (exact) mass is 547 g/mol. The van der Waals surface area contributed by atoms with Crippen LogP contribution in [-0.4, -0.2) is 50.3 Å². The largest absolute Gasteiger partial charge is 0.454 e. The van der Waals surface area contributed by atoms with Crippen LogP contribution in [0.15, 0.2) is 66.7 Å². The van der Waals surface area contributed by atoms with Crippen molar-refractivity contribution in [2.24, 2.45) is 5.92 Å². The van der Waals surface area contributed by atoms with Crippen molar-refractivity contribution in [2.45, 2.75) is 32.0 Å². The molecule has 3 atom stereocenters. The summed E-state index contributed by atoms with van der Waals surface area (Å²) in [6, 6.07) is 15.2. The highest BCUT2D eigenvalue weighted by Gasteiger charge is 2.46. The Hall–Kier alpha value is -4.44. The summed E-state index contributed by atoms with van der Waals surface area (Å²) in [6.07, 6.45) is 0. The van der Waals surface area contributed by atoms with Crippen molar-refractivity contribution in [3.05, 3.63) is 89.2 Å². The first-order valence-electron chi connectivity index (χ1n) is 13.0. The van der Waals surface area contributed by atoms with Gasteiger partial charge in [0.1, 0.15) is 11.9 Å². The van der Waals surface area contributed by atoms with E-state index in [-0.39, 0.29) is 36.7 Å². The molecule has 2 aliphatic heterocycles. The molecule has 0 saturated carbocycles. The van der Waals surface area contributed by atoms with E-state index >= 15 is 0 Å². The van der Waals surface area contributed by atoms with Gasteiger partial charge in [0, 0.05) is 29.9 Å². The number of anilines is 1. The highest BCUT2D eigenvalue weighted by Crippen LogP contribution is 2.47. The number of rotatable bonds is 8. The number of halogens is 1. The van der Waals surface area contributed by atoms with E-state index in [1.807, 2.05) is 19.9 Å². The van der Waals surface area contributed by atoms with Crippen LogP contribution in [0.5, 0.6) is 11.5 Å². The summed E-state index contributed by atoms with van der Waals surface area (Å²) >= 11 is 0. The van der Waals surface area contributed by atoms with Crippen molar-refractivity contribution < 1.29 is 33.0 Å². The summed E-state index contributed by atoms with van der Waals surface area (Å²) in [6.45, 7) is 3.79. The van der Waals surface area contributed by atoms with Crippen LogP contribution in [0.4, 0.5) is 10.1 Å². The van der Waals surface area contributed by atoms with Gasteiger partial charge in [-0.3, -0.25) is 14.4 Å². The average Bonchev–Trinajstić information content (AvgIpc) is 3.52. The molecule has 0 aliphatic carbocycles. The molecule has 40 heavy (non-hydrogen) atoms. The Bertz CT molecular complexity index is 1410. The molecule has 0 fully saturated rings. The van der Waals surface area contributed by atoms with Crippen molar-refractivity contribution in [2.75, 3.05) is 25.4 Å². The zero-order valence-electron chi connectivity index (χ0n) is 22.3. The summed E-state index contributed by atoms with van der Waals surface area (Å²) in [5, 5.41) is 5.89. The summed E-state index contributed by atoms with van der Waals surface area (Å²) in [4.78, 5) is 42.1. The molecule has 10 heteroatoms. The molecule has 2 heterocycles. The van der Waals surface area contributed by atoms with Gasteiger partial charge in [0.2, 0.25) is 12.7 Å². The van der Waals surface area contributed by atoms with Gasteiger partial charge in [0.25, 0.3) is 11.8 Å². The first-order chi connectivity index (χ1) is 19.3. The maximum atomic E-state index is 14.3. The first kappa shape index (κ1) is 27.1. The molecule has 2 aliphatic rings. The number of carbonyl (C=O) groups excluding carboxylic acids is 3. The second-order valence-electron chi connectivity index (χ2n) is 10.0. The van der Waals surface area contributed by atoms with Crippen LogP contribution >= 0.6 is 0 Å². The number of methoxy groups -OCH3 is 1. The molecule has 0 aromatic heterocycles. The van der Waals surface area contributed by atoms with Crippen molar-refractivity contribution in [3.8, 4) is 11.5 Å². The van der Waals surface area contributed by atoms with Crippen LogP contribution in [0.1, 0.15) is 46.2 Å². The topological polar surface area (TPSA) is 106 Å². The standard InChI is InChI=1S/C30H30FN3O6/c1-17(2)26(32-29(36)19-9-11-20(31)12-10-19)30(37)34-22-14-25-24(39-16-40-25)13-21(22)27(23(34)15-38-3)33-28(35)18-7-5-4-6-8-18/h4-14,17,23,26-27H,15-16H2,1-3H3,(H,32,36)(H,33,35)/t23-,26+,27+/m1/s1. The van der Waals surface area contributed by atoms with Gasteiger partial charge in [-0.1, -0.05) is 32.0 Å². The lowest BCUT2D eigenvalue weighted by Crippen LogP contribution is -2.55. The molecule has 0 saturated heterocycles. The number of ether oxygens (including phenoxy) is 3. The molecule has 3 aromatic carbocycles. The molecular weight excluding hydrogens is 517 g/mol. The molecule has 5 rings (SSSR count). The smallest absolute Gasteiger partial charge is 0.251 e. The van der Waals surface area contributed by atoms with E-state index < -0.39 is 29.8 Å². The number of benzene rings is 3. The second-order valence-corrected chi connectivity index (χ2v) is 10.0. The Morgan fingerprint density at radius 2 is 1.62 bits per heavy atom. The fourth-order valence-electron chi connectivity index (χ4n) is 5.04. The van der Waals surface area contributed by atoms with E-state index in [1.54, 1.807) is 41.3 Å². The molecule has 0 unspecified atom stereocenters. The van der Waals surface area contributed by atoms with Crippen molar-refractivity contribution >= 4 is 23.4 Å². The third-order valence-corrected chi connectivity index (χ3v) is 7.06. The van der Waals surface area contributed by atoms with Crippen molar-refractivity contribution in [1.29, 1.82) is 0 Å². The van der Waals surface area contributed by atoms with Crippen molar-refractivity contribution in [1.82, 2.24) is 10.6 Å². The fraction of sp³-hybridized carbons (Fsp3) is 0.300. The van der Waals surface area contributed by atoms with E-state index in [4.69, 9.17) is 14.2 Å². The first-order valence-corrected chi connectivity index (χ1v) is 13.0. The number of nitrogens with one attached hydrogen (secondary N) is 2. The van der Waals surface area contributed by atoms with Crippen LogP contribution in [0.25, 0.3) is 0 Å². The minimum Gasteiger partial charge on any atom is -0.454 e. The number of amides is 3. The third-order valence-electron chi connectivity index (χ3n) is 7.06. The Balaban J connectivity index is 1.51. The Morgan fingerprint density at radius 3 is 2.27 bits per heavy atom. The lowest BCUT2D eigenvalue weighted by molar-refractivity contribution is -0.122. The molecule has 208 valence electrons. The molecule has 0 spiro atoms. The summed E-state index contributed by atoms with van der Waals surface area (Å²) < 4.78 is 30.1. The Labute approximate surface area is 231 Å². The predicted molar refractivity (Wildman–Crippen MR) is 145 cm³/mol. The summed E-state index contributed by atoms with van der Waals surface area (Å²) in [5.41, 5.74) is 1.89. The van der Waals surface area contributed by atoms with Gasteiger partial charge >= 0.3 is 0 Å². The highest BCUT2D eigenvalue weighted by molar-refractivity contribution is 6.05. The number of fused-ring (bicyclic) bond motifs is 2. The van der Waals surface area contributed by atoms with Crippen LogP contribution in [0.2, 0.25) is 0 Å². The fourth-order valence-corrected chi connectivity index (χ4v) is 5.04. The van der Waals surface area contributed by atoms with Gasteiger partial charge in [0.05, 0.1) is 24.4 Å². The maximum absolute atomic E-state index is 14.3. The quantitative estimate of drug-likeness (QED) is 0.444. The molecule has 0 radical (unpaired) electrons. The zero-order valence-corrected chi connectivity index (χ0v) is 22.3. The van der Waals surface area contributed by atoms with E-state index in [2.05, 4.69) is 10.6 Å². The van der Waals surface area contributed by atoms with Gasteiger partial charge in [-0.05, 0) is 48.4 Å². The Morgan fingerprint density at radius 1 is 0.975 bits per heavy atom. The average molecular weight is 548 g/mol. The third kappa shape index (κ3) is 5.22. The van der Waals surface area contributed by atoms with E-state index in [9.17, 15) is 18.8 Å². The van der Waals surface area contributed by atoms with Crippen molar-refractivity contribution in [3.63, 3.8) is 0 Å². The predicted octanol–water partition coefficient (Wildman–Crippen LogP) is 3.84. The number of hydrogen-bond acceptors (Lipinski definition) is 6. The minimum absolute atomic E-state index is 0.0388. The van der Waals surface area contributed by atoms with Crippen LogP contribution in [0.3, 0.4) is 0 Å². The molecule has 0 bridgehead atoms. The number of carbonyl (C=O) groups is 3. The minimum atomic E-state index is -0.932.